The number of carbonyl (C=O) groups is 2. The lowest BCUT2D eigenvalue weighted by molar-refractivity contribution is -0.135. The fourth-order valence-electron chi connectivity index (χ4n) is 4.06. The van der Waals surface area contributed by atoms with Gasteiger partial charge in [-0.2, -0.15) is 16.3 Å². The van der Waals surface area contributed by atoms with Crippen LogP contribution in [0.4, 0.5) is 0 Å². The van der Waals surface area contributed by atoms with Gasteiger partial charge in [-0.05, 0) is 30.4 Å². The zero-order chi connectivity index (χ0) is 19.6. The molecule has 2 aromatic heterocycles. The molecule has 1 saturated heterocycles. The molecule has 0 aromatic carbocycles. The van der Waals surface area contributed by atoms with Gasteiger partial charge >= 0.3 is 0 Å². The summed E-state index contributed by atoms with van der Waals surface area (Å²) in [4.78, 5) is 30.6. The summed E-state index contributed by atoms with van der Waals surface area (Å²) in [5.74, 6) is 1.15. The van der Waals surface area contributed by atoms with Gasteiger partial charge in [0, 0.05) is 36.4 Å². The maximum absolute atomic E-state index is 12.8. The van der Waals surface area contributed by atoms with E-state index in [1.165, 1.54) is 6.08 Å². The summed E-state index contributed by atoms with van der Waals surface area (Å²) in [6.07, 6.45) is 6.49. The first-order chi connectivity index (χ1) is 13.6. The molecule has 28 heavy (non-hydrogen) atoms. The molecule has 3 heterocycles. The standard InChI is InChI=1S/C20H24N4O3S/c1-2-17(26)24-11-14(12-24)10-16(25)22-20(7-4-3-5-8-20)19-21-18(23-27-19)15-6-9-28-13-15/h2,6,9,13-14H,1,3-5,7-8,10-12H2,(H,22,25). The van der Waals surface area contributed by atoms with E-state index in [0.717, 1.165) is 37.7 Å². The summed E-state index contributed by atoms with van der Waals surface area (Å²) in [7, 11) is 0. The molecule has 7 nitrogen and oxygen atoms in total. The molecule has 2 fully saturated rings. The van der Waals surface area contributed by atoms with Gasteiger partial charge in [-0.15, -0.1) is 0 Å². The predicted molar refractivity (Wildman–Crippen MR) is 105 cm³/mol. The normalized spacial score (nSPS) is 19.1. The molecule has 2 aliphatic rings. The molecule has 148 valence electrons. The zero-order valence-electron chi connectivity index (χ0n) is 15.7. The van der Waals surface area contributed by atoms with Crippen molar-refractivity contribution in [3.63, 3.8) is 0 Å². The van der Waals surface area contributed by atoms with Crippen LogP contribution >= 0.6 is 11.3 Å². The van der Waals surface area contributed by atoms with Gasteiger partial charge in [-0.25, -0.2) is 0 Å². The van der Waals surface area contributed by atoms with E-state index in [1.807, 2.05) is 16.8 Å². The van der Waals surface area contributed by atoms with Crippen molar-refractivity contribution in [2.24, 2.45) is 5.92 Å². The topological polar surface area (TPSA) is 88.3 Å². The summed E-state index contributed by atoms with van der Waals surface area (Å²) in [5, 5.41) is 11.3. The van der Waals surface area contributed by atoms with Crippen LogP contribution in [0.15, 0.2) is 34.0 Å². The van der Waals surface area contributed by atoms with E-state index in [1.54, 1.807) is 16.2 Å². The van der Waals surface area contributed by atoms with Crippen LogP contribution in [0, 0.1) is 5.92 Å². The number of amides is 2. The molecule has 2 aromatic rings. The largest absolute Gasteiger partial charge is 0.342 e. The van der Waals surface area contributed by atoms with E-state index < -0.39 is 5.54 Å². The van der Waals surface area contributed by atoms with Gasteiger partial charge in [0.05, 0.1) is 0 Å². The first-order valence-corrected chi connectivity index (χ1v) is 10.6. The molecule has 0 atom stereocenters. The Balaban J connectivity index is 1.44. The van der Waals surface area contributed by atoms with E-state index in [0.29, 0.717) is 31.2 Å². The van der Waals surface area contributed by atoms with E-state index >= 15 is 0 Å². The van der Waals surface area contributed by atoms with Crippen LogP contribution in [0.1, 0.15) is 44.4 Å². The van der Waals surface area contributed by atoms with Crippen molar-refractivity contribution >= 4 is 23.2 Å². The van der Waals surface area contributed by atoms with Crippen molar-refractivity contribution in [1.29, 1.82) is 0 Å². The Bertz CT molecular complexity index is 849. The monoisotopic (exact) mass is 400 g/mol. The molecule has 1 N–H and O–H groups in total. The number of thiophene rings is 1. The Labute approximate surface area is 167 Å². The lowest BCUT2D eigenvalue weighted by atomic mass is 9.81. The number of hydrogen-bond acceptors (Lipinski definition) is 6. The van der Waals surface area contributed by atoms with Gasteiger partial charge in [0.2, 0.25) is 17.6 Å². The third-order valence-electron chi connectivity index (χ3n) is 5.62. The Kier molecular flexibility index (Phi) is 5.30. The number of carbonyl (C=O) groups excluding carboxylic acids is 2. The Hall–Kier alpha value is -2.48. The molecular weight excluding hydrogens is 376 g/mol. The highest BCUT2D eigenvalue weighted by atomic mass is 32.1. The number of likely N-dealkylation sites (tertiary alicyclic amines) is 1. The Morgan fingerprint density at radius 3 is 2.82 bits per heavy atom. The molecule has 1 aliphatic heterocycles. The summed E-state index contributed by atoms with van der Waals surface area (Å²) >= 11 is 1.58. The summed E-state index contributed by atoms with van der Waals surface area (Å²) in [6, 6.07) is 1.96. The van der Waals surface area contributed by atoms with Crippen LogP contribution in [0.5, 0.6) is 0 Å². The van der Waals surface area contributed by atoms with Crippen molar-refractivity contribution < 1.29 is 14.1 Å². The van der Waals surface area contributed by atoms with Crippen LogP contribution < -0.4 is 5.32 Å². The van der Waals surface area contributed by atoms with Crippen molar-refractivity contribution in [2.45, 2.75) is 44.1 Å². The smallest absolute Gasteiger partial charge is 0.252 e. The second-order valence-electron chi connectivity index (χ2n) is 7.64. The van der Waals surface area contributed by atoms with Gasteiger partial charge < -0.3 is 14.7 Å². The van der Waals surface area contributed by atoms with Crippen molar-refractivity contribution in [1.82, 2.24) is 20.4 Å². The molecule has 8 heteroatoms. The third-order valence-corrected chi connectivity index (χ3v) is 6.30. The van der Waals surface area contributed by atoms with Crippen molar-refractivity contribution in [3.05, 3.63) is 35.4 Å². The third kappa shape index (κ3) is 3.73. The quantitative estimate of drug-likeness (QED) is 0.753. The van der Waals surface area contributed by atoms with Gasteiger partial charge in [-0.3, -0.25) is 9.59 Å². The first kappa shape index (κ1) is 18.9. The minimum absolute atomic E-state index is 0.0205. The van der Waals surface area contributed by atoms with E-state index in [9.17, 15) is 9.59 Å². The second-order valence-corrected chi connectivity index (χ2v) is 8.42. The average Bonchev–Trinajstić information content (AvgIpc) is 3.36. The van der Waals surface area contributed by atoms with E-state index in [4.69, 9.17) is 4.52 Å². The molecule has 4 rings (SSSR count). The summed E-state index contributed by atoms with van der Waals surface area (Å²) in [6.45, 7) is 4.71. The molecule has 1 saturated carbocycles. The van der Waals surface area contributed by atoms with Crippen LogP contribution in [-0.4, -0.2) is 39.9 Å². The maximum Gasteiger partial charge on any atom is 0.252 e. The maximum atomic E-state index is 12.8. The average molecular weight is 401 g/mol. The minimum atomic E-state index is -0.586. The fourth-order valence-corrected chi connectivity index (χ4v) is 4.70. The SMILES string of the molecule is C=CC(=O)N1CC(CC(=O)NC2(c3nc(-c4ccsc4)no3)CCCCC2)C1. The van der Waals surface area contributed by atoms with Crippen LogP contribution in [-0.2, 0) is 15.1 Å². The highest BCUT2D eigenvalue weighted by Crippen LogP contribution is 2.37. The van der Waals surface area contributed by atoms with Crippen molar-refractivity contribution in [3.8, 4) is 11.4 Å². The molecule has 1 aliphatic carbocycles. The number of nitrogens with zero attached hydrogens (tertiary/aromatic N) is 3. The predicted octanol–water partition coefficient (Wildman–Crippen LogP) is 3.11. The van der Waals surface area contributed by atoms with Gasteiger partial charge in [-0.1, -0.05) is 31.0 Å². The number of rotatable bonds is 6. The molecule has 0 radical (unpaired) electrons. The highest BCUT2D eigenvalue weighted by Gasteiger charge is 2.41. The second kappa shape index (κ2) is 7.87. The number of aromatic nitrogens is 2. The Morgan fingerprint density at radius 2 is 2.14 bits per heavy atom. The van der Waals surface area contributed by atoms with Crippen LogP contribution in [0.2, 0.25) is 0 Å². The molecule has 0 spiro atoms. The van der Waals surface area contributed by atoms with E-state index in [-0.39, 0.29) is 17.7 Å². The minimum Gasteiger partial charge on any atom is -0.342 e. The van der Waals surface area contributed by atoms with Crippen LogP contribution in [0.3, 0.4) is 0 Å². The number of nitrogens with one attached hydrogen (secondary N) is 1. The molecule has 2 amide bonds. The van der Waals surface area contributed by atoms with Gasteiger partial charge in [0.15, 0.2) is 0 Å². The fraction of sp³-hybridized carbons (Fsp3) is 0.500. The summed E-state index contributed by atoms with van der Waals surface area (Å²) in [5.41, 5.74) is 0.343. The van der Waals surface area contributed by atoms with Crippen molar-refractivity contribution in [2.75, 3.05) is 13.1 Å². The van der Waals surface area contributed by atoms with Gasteiger partial charge in [0.25, 0.3) is 5.89 Å². The first-order valence-electron chi connectivity index (χ1n) is 9.69. The lowest BCUT2D eigenvalue weighted by Gasteiger charge is -2.40. The van der Waals surface area contributed by atoms with Crippen LogP contribution in [0.25, 0.3) is 11.4 Å². The summed E-state index contributed by atoms with van der Waals surface area (Å²) < 4.78 is 5.61. The number of hydrogen-bond donors (Lipinski definition) is 1. The Morgan fingerprint density at radius 1 is 1.36 bits per heavy atom. The molecule has 0 bridgehead atoms. The molecular formula is C20H24N4O3S. The van der Waals surface area contributed by atoms with Gasteiger partial charge in [0.1, 0.15) is 5.54 Å². The zero-order valence-corrected chi connectivity index (χ0v) is 16.5. The lowest BCUT2D eigenvalue weighted by Crippen LogP contribution is -2.53. The van der Waals surface area contributed by atoms with E-state index in [2.05, 4.69) is 22.0 Å². The molecule has 0 unspecified atom stereocenters. The highest BCUT2D eigenvalue weighted by molar-refractivity contribution is 7.08.